The molecule has 100 valence electrons. The summed E-state index contributed by atoms with van der Waals surface area (Å²) in [5, 5.41) is 1.40. The second kappa shape index (κ2) is 4.14. The molecule has 3 aromatic rings. The Labute approximate surface area is 119 Å². The van der Waals surface area contributed by atoms with Crippen LogP contribution >= 0.6 is 0 Å². The predicted octanol–water partition coefficient (Wildman–Crippen LogP) is 3.84. The highest BCUT2D eigenvalue weighted by Crippen LogP contribution is 2.40. The molecule has 2 nitrogen and oxygen atoms in total. The van der Waals surface area contributed by atoms with Crippen molar-refractivity contribution in [1.82, 2.24) is 4.57 Å². The first kappa shape index (κ1) is 11.6. The van der Waals surface area contributed by atoms with E-state index in [1.807, 2.05) is 0 Å². The van der Waals surface area contributed by atoms with Gasteiger partial charge in [0, 0.05) is 42.8 Å². The zero-order valence-corrected chi connectivity index (χ0v) is 11.9. The van der Waals surface area contributed by atoms with Gasteiger partial charge in [0.1, 0.15) is 0 Å². The summed E-state index contributed by atoms with van der Waals surface area (Å²) in [5.74, 6) is 0. The number of rotatable bonds is 0. The van der Waals surface area contributed by atoms with Crippen LogP contribution in [0.4, 0.5) is 5.69 Å². The topological polar surface area (TPSA) is 8.17 Å². The van der Waals surface area contributed by atoms with Crippen molar-refractivity contribution >= 4 is 16.6 Å². The van der Waals surface area contributed by atoms with Crippen molar-refractivity contribution in [2.45, 2.75) is 6.42 Å². The van der Waals surface area contributed by atoms with Crippen LogP contribution in [0.1, 0.15) is 5.56 Å². The summed E-state index contributed by atoms with van der Waals surface area (Å²) in [4.78, 5) is 2.37. The van der Waals surface area contributed by atoms with E-state index in [1.165, 1.54) is 33.4 Å². The molecule has 0 fully saturated rings. The van der Waals surface area contributed by atoms with Crippen molar-refractivity contribution in [2.75, 3.05) is 18.5 Å². The molecule has 0 bridgehead atoms. The van der Waals surface area contributed by atoms with Gasteiger partial charge in [0.25, 0.3) is 0 Å². The number of aromatic nitrogens is 1. The summed E-state index contributed by atoms with van der Waals surface area (Å²) in [6.45, 7) is 1.07. The zero-order chi connectivity index (χ0) is 13.7. The van der Waals surface area contributed by atoms with Crippen LogP contribution in [-0.2, 0) is 13.5 Å². The number of para-hydroxylation sites is 2. The fourth-order valence-electron chi connectivity index (χ4n) is 3.47. The number of anilines is 1. The number of likely N-dealkylation sites (N-methyl/N-ethyl adjacent to an activating group) is 1. The fraction of sp³-hybridized carbons (Fsp3) is 0.222. The Morgan fingerprint density at radius 2 is 1.65 bits per heavy atom. The highest BCUT2D eigenvalue weighted by Gasteiger charge is 2.22. The lowest BCUT2D eigenvalue weighted by Gasteiger charge is -2.19. The van der Waals surface area contributed by atoms with E-state index in [4.69, 9.17) is 0 Å². The van der Waals surface area contributed by atoms with Gasteiger partial charge in [0.05, 0.1) is 5.69 Å². The largest absolute Gasteiger partial charge is 0.374 e. The van der Waals surface area contributed by atoms with Crippen LogP contribution in [-0.4, -0.2) is 18.2 Å². The van der Waals surface area contributed by atoms with Gasteiger partial charge in [-0.1, -0.05) is 36.4 Å². The Hall–Kier alpha value is -2.22. The molecule has 0 unspecified atom stereocenters. The van der Waals surface area contributed by atoms with Gasteiger partial charge in [-0.05, 0) is 24.1 Å². The molecule has 0 spiro atoms. The Morgan fingerprint density at radius 3 is 2.55 bits per heavy atom. The Morgan fingerprint density at radius 1 is 0.900 bits per heavy atom. The summed E-state index contributed by atoms with van der Waals surface area (Å²) in [6.07, 6.45) is 1.10. The average molecular weight is 262 g/mol. The van der Waals surface area contributed by atoms with Gasteiger partial charge in [-0.25, -0.2) is 0 Å². The predicted molar refractivity (Wildman–Crippen MR) is 85.3 cm³/mol. The average Bonchev–Trinajstić information content (AvgIpc) is 2.68. The minimum Gasteiger partial charge on any atom is -0.374 e. The summed E-state index contributed by atoms with van der Waals surface area (Å²) in [7, 11) is 4.37. The summed E-state index contributed by atoms with van der Waals surface area (Å²) in [5.41, 5.74) is 6.88. The first-order valence-corrected chi connectivity index (χ1v) is 7.14. The molecular formula is C18H18N2. The zero-order valence-electron chi connectivity index (χ0n) is 11.9. The Balaban J connectivity index is 2.14. The maximum Gasteiger partial charge on any atom is 0.0542 e. The molecule has 0 N–H and O–H groups in total. The van der Waals surface area contributed by atoms with Gasteiger partial charge in [-0.3, -0.25) is 0 Å². The molecule has 4 rings (SSSR count). The molecule has 2 heterocycles. The van der Waals surface area contributed by atoms with E-state index in [0.717, 1.165) is 13.0 Å². The van der Waals surface area contributed by atoms with Gasteiger partial charge in [-0.2, -0.15) is 0 Å². The third-order valence-electron chi connectivity index (χ3n) is 4.48. The lowest BCUT2D eigenvalue weighted by atomic mass is 10.0. The summed E-state index contributed by atoms with van der Waals surface area (Å²) < 4.78 is 2.35. The normalized spacial score (nSPS) is 14.0. The van der Waals surface area contributed by atoms with Crippen molar-refractivity contribution in [3.05, 3.63) is 54.1 Å². The van der Waals surface area contributed by atoms with Crippen LogP contribution in [0.2, 0.25) is 0 Å². The summed E-state index contributed by atoms with van der Waals surface area (Å²) in [6, 6.07) is 17.5. The van der Waals surface area contributed by atoms with Crippen LogP contribution in [0.3, 0.4) is 0 Å². The lowest BCUT2D eigenvalue weighted by Crippen LogP contribution is -2.19. The molecule has 0 amide bonds. The number of nitrogens with zero attached hydrogens (tertiary/aromatic N) is 2. The molecule has 0 saturated carbocycles. The molecule has 2 aromatic carbocycles. The second-order valence-corrected chi connectivity index (χ2v) is 5.59. The Bertz CT molecular complexity index is 798. The van der Waals surface area contributed by atoms with E-state index in [1.54, 1.807) is 0 Å². The molecule has 2 heteroatoms. The second-order valence-electron chi connectivity index (χ2n) is 5.59. The molecular weight excluding hydrogens is 244 g/mol. The van der Waals surface area contributed by atoms with Crippen LogP contribution in [0, 0.1) is 0 Å². The first-order valence-electron chi connectivity index (χ1n) is 7.14. The minimum absolute atomic E-state index is 1.07. The molecule has 1 aliphatic heterocycles. The molecule has 20 heavy (non-hydrogen) atoms. The third-order valence-corrected chi connectivity index (χ3v) is 4.48. The smallest absolute Gasteiger partial charge is 0.0542 e. The van der Waals surface area contributed by atoms with E-state index in [2.05, 4.69) is 72.1 Å². The third kappa shape index (κ3) is 1.45. The highest BCUT2D eigenvalue weighted by atomic mass is 15.1. The van der Waals surface area contributed by atoms with Crippen molar-refractivity contribution < 1.29 is 0 Å². The number of fused-ring (bicyclic) bond motifs is 5. The van der Waals surface area contributed by atoms with Crippen LogP contribution in [0.15, 0.2) is 48.5 Å². The lowest BCUT2D eigenvalue weighted by molar-refractivity contribution is 0.891. The van der Waals surface area contributed by atoms with Crippen molar-refractivity contribution in [3.8, 4) is 11.3 Å². The number of benzene rings is 2. The SMILES string of the molecule is CN1CCc2c(n(C)c3ccccc23)-c2ccccc21. The van der Waals surface area contributed by atoms with Gasteiger partial charge in [0.15, 0.2) is 0 Å². The highest BCUT2D eigenvalue weighted by molar-refractivity contribution is 5.95. The molecule has 1 aromatic heterocycles. The first-order chi connectivity index (χ1) is 9.77. The molecule has 0 atom stereocenters. The number of hydrogen-bond donors (Lipinski definition) is 0. The van der Waals surface area contributed by atoms with Crippen molar-refractivity contribution in [1.29, 1.82) is 0 Å². The monoisotopic (exact) mass is 262 g/mol. The van der Waals surface area contributed by atoms with Crippen LogP contribution in [0.5, 0.6) is 0 Å². The van der Waals surface area contributed by atoms with E-state index in [9.17, 15) is 0 Å². The molecule has 1 aliphatic rings. The van der Waals surface area contributed by atoms with Gasteiger partial charge in [0.2, 0.25) is 0 Å². The van der Waals surface area contributed by atoms with Crippen LogP contribution in [0.25, 0.3) is 22.2 Å². The standard InChI is InChI=1S/C18H18N2/c1-19-12-11-14-13-7-3-6-10-17(13)20(2)18(14)15-8-4-5-9-16(15)19/h3-10H,11-12H2,1-2H3. The van der Waals surface area contributed by atoms with Gasteiger partial charge in [-0.15, -0.1) is 0 Å². The van der Waals surface area contributed by atoms with E-state index in [0.29, 0.717) is 0 Å². The molecule has 0 saturated heterocycles. The van der Waals surface area contributed by atoms with Crippen molar-refractivity contribution in [2.24, 2.45) is 7.05 Å². The molecule has 0 radical (unpaired) electrons. The van der Waals surface area contributed by atoms with Crippen LogP contribution < -0.4 is 4.90 Å². The fourth-order valence-corrected chi connectivity index (χ4v) is 3.47. The van der Waals surface area contributed by atoms with E-state index < -0.39 is 0 Å². The maximum atomic E-state index is 2.37. The quantitative estimate of drug-likeness (QED) is 0.597. The van der Waals surface area contributed by atoms with Gasteiger partial charge < -0.3 is 9.47 Å². The summed E-state index contributed by atoms with van der Waals surface area (Å²) >= 11 is 0. The van der Waals surface area contributed by atoms with E-state index >= 15 is 0 Å². The maximum absolute atomic E-state index is 2.37. The minimum atomic E-state index is 1.07. The van der Waals surface area contributed by atoms with Gasteiger partial charge >= 0.3 is 0 Å². The van der Waals surface area contributed by atoms with E-state index in [-0.39, 0.29) is 0 Å². The Kier molecular flexibility index (Phi) is 2.40. The number of hydrogen-bond acceptors (Lipinski definition) is 1. The number of aryl methyl sites for hydroxylation is 1. The van der Waals surface area contributed by atoms with Crippen molar-refractivity contribution in [3.63, 3.8) is 0 Å². The molecule has 0 aliphatic carbocycles.